The lowest BCUT2D eigenvalue weighted by molar-refractivity contribution is 0.557. The number of aromatic amines is 2. The Morgan fingerprint density at radius 1 is 1.14 bits per heavy atom. The third-order valence-corrected chi connectivity index (χ3v) is 6.75. The summed E-state index contributed by atoms with van der Waals surface area (Å²) < 4.78 is 18.3. The molecule has 5 aromatic rings. The molecule has 2 atom stereocenters. The van der Waals surface area contributed by atoms with Crippen molar-refractivity contribution >= 4 is 11.6 Å². The molecule has 6 rings (SSSR count). The summed E-state index contributed by atoms with van der Waals surface area (Å²) in [6.45, 7) is 2.01. The number of H-pyrrole nitrogens is 2. The lowest BCUT2D eigenvalue weighted by Crippen LogP contribution is -2.24. The number of hydrogen-bond donors (Lipinski definition) is 2. The second kappa shape index (κ2) is 8.38. The summed E-state index contributed by atoms with van der Waals surface area (Å²) in [7, 11) is 0. The Bertz CT molecular complexity index is 1700. The number of benzene rings is 1. The molecule has 0 radical (unpaired) electrons. The minimum atomic E-state index is -0.659. The average molecular weight is 505 g/mol. The van der Waals surface area contributed by atoms with Crippen molar-refractivity contribution < 1.29 is 4.39 Å². The number of hydrogen-bond acceptors (Lipinski definition) is 6. The van der Waals surface area contributed by atoms with Gasteiger partial charge in [-0.2, -0.15) is 4.68 Å². The maximum Gasteiger partial charge on any atom is 0.252 e. The SMILES string of the molecule is C[C@H]1C[C@@H](c2ncc(-c3ccc(=O)[nH]c3)[nH]2)n2c1cc(-c1c(-n3cnnn3)ccc(Cl)c1F)cc2=O. The van der Waals surface area contributed by atoms with Crippen molar-refractivity contribution in [2.75, 3.05) is 0 Å². The van der Waals surface area contributed by atoms with Gasteiger partial charge < -0.3 is 14.5 Å². The molecular formula is C24H18ClFN8O2. The number of pyridine rings is 2. The largest absolute Gasteiger partial charge is 0.340 e. The van der Waals surface area contributed by atoms with Gasteiger partial charge in [-0.3, -0.25) is 9.59 Å². The molecular weight excluding hydrogens is 487 g/mol. The molecule has 12 heteroatoms. The third-order valence-electron chi connectivity index (χ3n) is 6.46. The van der Waals surface area contributed by atoms with Crippen molar-refractivity contribution in [2.24, 2.45) is 0 Å². The van der Waals surface area contributed by atoms with Crippen molar-refractivity contribution in [3.63, 3.8) is 0 Å². The van der Waals surface area contributed by atoms with E-state index < -0.39 is 5.82 Å². The molecule has 36 heavy (non-hydrogen) atoms. The Balaban J connectivity index is 1.45. The third kappa shape index (κ3) is 3.55. The van der Waals surface area contributed by atoms with Gasteiger partial charge in [-0.05, 0) is 52.6 Å². The molecule has 1 aromatic carbocycles. The minimum absolute atomic E-state index is 0.00279. The molecule has 0 aliphatic carbocycles. The molecule has 5 heterocycles. The topological polar surface area (TPSA) is 127 Å². The van der Waals surface area contributed by atoms with Gasteiger partial charge in [0.25, 0.3) is 5.56 Å². The van der Waals surface area contributed by atoms with Crippen molar-refractivity contribution in [1.82, 2.24) is 39.7 Å². The number of fused-ring (bicyclic) bond motifs is 1. The van der Waals surface area contributed by atoms with Gasteiger partial charge in [-0.1, -0.05) is 18.5 Å². The number of rotatable bonds is 4. The number of nitrogens with zero attached hydrogens (tertiary/aromatic N) is 6. The minimum Gasteiger partial charge on any atom is -0.340 e. The monoisotopic (exact) mass is 504 g/mol. The van der Waals surface area contributed by atoms with E-state index in [9.17, 15) is 9.59 Å². The Morgan fingerprint density at radius 3 is 2.75 bits per heavy atom. The van der Waals surface area contributed by atoms with Crippen LogP contribution in [0.4, 0.5) is 4.39 Å². The first-order valence-corrected chi connectivity index (χ1v) is 11.5. The van der Waals surface area contributed by atoms with Crippen LogP contribution in [0, 0.1) is 5.82 Å². The highest BCUT2D eigenvalue weighted by Gasteiger charge is 2.33. The molecule has 0 saturated carbocycles. The van der Waals surface area contributed by atoms with Crippen LogP contribution in [0.5, 0.6) is 0 Å². The van der Waals surface area contributed by atoms with Crippen molar-refractivity contribution in [1.29, 1.82) is 0 Å². The first kappa shape index (κ1) is 22.1. The molecule has 2 N–H and O–H groups in total. The summed E-state index contributed by atoms with van der Waals surface area (Å²) in [6.07, 6.45) is 5.26. The summed E-state index contributed by atoms with van der Waals surface area (Å²) in [5.74, 6) is -0.0317. The molecule has 1 aliphatic rings. The normalized spacial score (nSPS) is 16.9. The first-order valence-electron chi connectivity index (χ1n) is 11.1. The maximum atomic E-state index is 15.3. The maximum absolute atomic E-state index is 15.3. The van der Waals surface area contributed by atoms with Gasteiger partial charge in [-0.15, -0.1) is 5.10 Å². The zero-order valence-electron chi connectivity index (χ0n) is 18.8. The second-order valence-electron chi connectivity index (χ2n) is 8.66. The van der Waals surface area contributed by atoms with Crippen LogP contribution in [0.1, 0.15) is 36.8 Å². The van der Waals surface area contributed by atoms with Crippen LogP contribution < -0.4 is 11.1 Å². The Labute approximate surface area is 207 Å². The number of aromatic nitrogens is 8. The number of halogens is 2. The molecule has 0 saturated heterocycles. The fourth-order valence-corrected chi connectivity index (χ4v) is 4.92. The van der Waals surface area contributed by atoms with E-state index >= 15 is 4.39 Å². The quantitative estimate of drug-likeness (QED) is 0.386. The summed E-state index contributed by atoms with van der Waals surface area (Å²) in [5, 5.41) is 11.1. The number of nitrogens with one attached hydrogen (secondary N) is 2. The van der Waals surface area contributed by atoms with E-state index in [2.05, 4.69) is 30.5 Å². The van der Waals surface area contributed by atoms with Gasteiger partial charge in [0.2, 0.25) is 5.56 Å². The molecule has 0 amide bonds. The van der Waals surface area contributed by atoms with Gasteiger partial charge in [0.1, 0.15) is 12.2 Å². The zero-order valence-corrected chi connectivity index (χ0v) is 19.6. The lowest BCUT2D eigenvalue weighted by atomic mass is 9.99. The highest BCUT2D eigenvalue weighted by atomic mass is 35.5. The van der Waals surface area contributed by atoms with E-state index in [1.54, 1.807) is 35.2 Å². The van der Waals surface area contributed by atoms with Crippen LogP contribution in [-0.2, 0) is 0 Å². The molecule has 1 aliphatic heterocycles. The zero-order chi connectivity index (χ0) is 25.0. The lowest BCUT2D eigenvalue weighted by Gasteiger charge is -2.15. The summed E-state index contributed by atoms with van der Waals surface area (Å²) in [6, 6.07) is 9.04. The number of imidazole rings is 1. The van der Waals surface area contributed by atoms with E-state index in [1.807, 2.05) is 6.92 Å². The predicted molar refractivity (Wildman–Crippen MR) is 130 cm³/mol. The summed E-state index contributed by atoms with van der Waals surface area (Å²) in [5.41, 5.74) is 2.66. The Kier molecular flexibility index (Phi) is 5.15. The fraction of sp³-hybridized carbons (Fsp3) is 0.167. The van der Waals surface area contributed by atoms with Crippen LogP contribution in [0.15, 0.2) is 64.7 Å². The van der Waals surface area contributed by atoms with Crippen LogP contribution >= 0.6 is 11.6 Å². The summed E-state index contributed by atoms with van der Waals surface area (Å²) >= 11 is 6.10. The van der Waals surface area contributed by atoms with E-state index in [4.69, 9.17) is 11.6 Å². The molecule has 4 aromatic heterocycles. The van der Waals surface area contributed by atoms with Gasteiger partial charge in [0.05, 0.1) is 28.6 Å². The van der Waals surface area contributed by atoms with E-state index in [0.717, 1.165) is 17.0 Å². The highest BCUT2D eigenvalue weighted by Crippen LogP contribution is 2.40. The first-order chi connectivity index (χ1) is 17.4. The Hall–Kier alpha value is -4.38. The van der Waals surface area contributed by atoms with Crippen LogP contribution in [-0.4, -0.2) is 39.7 Å². The fourth-order valence-electron chi connectivity index (χ4n) is 4.76. The number of tetrazole rings is 1. The van der Waals surface area contributed by atoms with Crippen LogP contribution in [0.3, 0.4) is 0 Å². The van der Waals surface area contributed by atoms with Gasteiger partial charge in [0, 0.05) is 35.2 Å². The van der Waals surface area contributed by atoms with Gasteiger partial charge >= 0.3 is 0 Å². The predicted octanol–water partition coefficient (Wildman–Crippen LogP) is 3.46. The van der Waals surface area contributed by atoms with Gasteiger partial charge in [-0.25, -0.2) is 9.37 Å². The van der Waals surface area contributed by atoms with Crippen molar-refractivity contribution in [3.05, 3.63) is 98.2 Å². The molecule has 0 unspecified atom stereocenters. The van der Waals surface area contributed by atoms with E-state index in [-0.39, 0.29) is 33.7 Å². The van der Waals surface area contributed by atoms with E-state index in [1.165, 1.54) is 29.2 Å². The Morgan fingerprint density at radius 2 is 2.00 bits per heavy atom. The highest BCUT2D eigenvalue weighted by molar-refractivity contribution is 6.31. The molecule has 0 bridgehead atoms. The average Bonchev–Trinajstić information content (AvgIpc) is 3.62. The molecule has 180 valence electrons. The smallest absolute Gasteiger partial charge is 0.252 e. The summed E-state index contributed by atoms with van der Waals surface area (Å²) in [4.78, 5) is 35.2. The van der Waals surface area contributed by atoms with E-state index in [0.29, 0.717) is 23.5 Å². The standard InChI is InChI=1S/C24H18ClFN8O2/c1-12-6-19(24-28-10-16(30-24)13-2-5-20(35)27-9-13)34-18(12)7-14(8-21(34)36)22-17(33-11-29-31-32-33)4-3-15(25)23(22)26/h2-5,7-12,19H,6H2,1H3,(H,27,35)(H,28,30)/t12-,19-/m0/s1. The van der Waals surface area contributed by atoms with Crippen molar-refractivity contribution in [3.8, 4) is 28.1 Å². The molecule has 0 fully saturated rings. The van der Waals surface area contributed by atoms with Crippen LogP contribution in [0.25, 0.3) is 28.1 Å². The molecule has 10 nitrogen and oxygen atoms in total. The van der Waals surface area contributed by atoms with Crippen molar-refractivity contribution in [2.45, 2.75) is 25.3 Å². The second-order valence-corrected chi connectivity index (χ2v) is 9.07. The van der Waals surface area contributed by atoms with Gasteiger partial charge in [0.15, 0.2) is 5.82 Å². The van der Waals surface area contributed by atoms with Crippen LogP contribution in [0.2, 0.25) is 5.02 Å². The molecule has 0 spiro atoms.